The fourth-order valence-corrected chi connectivity index (χ4v) is 5.24. The molecular formula is C30H42N4O5. The van der Waals surface area contributed by atoms with E-state index in [1.807, 2.05) is 60.9 Å². The quantitative estimate of drug-likeness (QED) is 0.463. The van der Waals surface area contributed by atoms with Crippen molar-refractivity contribution in [1.82, 2.24) is 14.7 Å². The molecule has 1 saturated heterocycles. The zero-order chi connectivity index (χ0) is 28.7. The molecule has 212 valence electrons. The molecule has 4 rings (SSSR count). The number of urea groups is 2. The predicted octanol–water partition coefficient (Wildman–Crippen LogP) is 5.75. The Hall–Kier alpha value is -3.88. The molecule has 0 aliphatic carbocycles. The monoisotopic (exact) mass is 538 g/mol. The van der Waals surface area contributed by atoms with E-state index < -0.39 is 5.54 Å². The number of nitrogens with one attached hydrogen (secondary N) is 1. The summed E-state index contributed by atoms with van der Waals surface area (Å²) < 4.78 is 16.3. The maximum Gasteiger partial charge on any atom is 0.325 e. The first-order chi connectivity index (χ1) is 18.7. The van der Waals surface area contributed by atoms with Crippen molar-refractivity contribution in [3.8, 4) is 17.2 Å². The standard InChI is InChI=1S/C28H36N4O5.C2H6/c1-7-32-27(34)31-18-19-15-22(36-5)17-24(37-6)23(19)11-12-25(31)28(32,2)13-14-30(3)26(33)29-20-9-8-10-21(16-20)35-4;1-2/h8-10,12,15-17H,7,11,13-14,18H2,1-6H3,(H,29,33);1-2H3. The van der Waals surface area contributed by atoms with E-state index in [1.54, 1.807) is 39.3 Å². The molecule has 2 aliphatic rings. The van der Waals surface area contributed by atoms with E-state index in [-0.39, 0.29) is 12.1 Å². The minimum absolute atomic E-state index is 0.0330. The van der Waals surface area contributed by atoms with Gasteiger partial charge in [0.05, 0.1) is 33.4 Å². The Balaban J connectivity index is 0.00000205. The Kier molecular flexibility index (Phi) is 9.72. The summed E-state index contributed by atoms with van der Waals surface area (Å²) in [5, 5.41) is 2.92. The predicted molar refractivity (Wildman–Crippen MR) is 154 cm³/mol. The van der Waals surface area contributed by atoms with Crippen molar-refractivity contribution in [2.24, 2.45) is 0 Å². The number of fused-ring (bicyclic) bond motifs is 2. The smallest absolute Gasteiger partial charge is 0.325 e. The zero-order valence-electron chi connectivity index (χ0n) is 24.5. The number of benzene rings is 2. The molecular weight excluding hydrogens is 496 g/mol. The molecule has 2 heterocycles. The van der Waals surface area contributed by atoms with Gasteiger partial charge in [-0.2, -0.15) is 0 Å². The third kappa shape index (κ3) is 5.92. The van der Waals surface area contributed by atoms with Crippen LogP contribution in [0.3, 0.4) is 0 Å². The van der Waals surface area contributed by atoms with E-state index in [0.29, 0.717) is 49.7 Å². The van der Waals surface area contributed by atoms with Gasteiger partial charge in [0.2, 0.25) is 0 Å². The second-order valence-corrected chi connectivity index (χ2v) is 9.48. The number of anilines is 1. The van der Waals surface area contributed by atoms with Crippen LogP contribution in [0.4, 0.5) is 15.3 Å². The SMILES string of the molecule is CC.CCN1C(=O)N2Cc3cc(OC)cc(OC)c3CC=C2C1(C)CCN(C)C(=O)Nc1cccc(OC)c1. The van der Waals surface area contributed by atoms with E-state index in [9.17, 15) is 9.59 Å². The summed E-state index contributed by atoms with van der Waals surface area (Å²) in [4.78, 5) is 31.9. The summed E-state index contributed by atoms with van der Waals surface area (Å²) in [6.45, 7) is 9.54. The molecule has 0 saturated carbocycles. The number of carbonyl (C=O) groups excluding carboxylic acids is 2. The molecule has 1 N–H and O–H groups in total. The van der Waals surface area contributed by atoms with Crippen molar-refractivity contribution < 1.29 is 23.8 Å². The van der Waals surface area contributed by atoms with Gasteiger partial charge in [-0.15, -0.1) is 0 Å². The van der Waals surface area contributed by atoms with Crippen LogP contribution in [0.25, 0.3) is 0 Å². The number of hydrogen-bond donors (Lipinski definition) is 1. The van der Waals surface area contributed by atoms with Gasteiger partial charge in [-0.3, -0.25) is 4.90 Å². The molecule has 0 bridgehead atoms. The molecule has 9 nitrogen and oxygen atoms in total. The molecule has 0 aromatic heterocycles. The van der Waals surface area contributed by atoms with Gasteiger partial charge in [-0.1, -0.05) is 26.0 Å². The highest BCUT2D eigenvalue weighted by Gasteiger charge is 2.50. The Morgan fingerprint density at radius 3 is 2.44 bits per heavy atom. The van der Waals surface area contributed by atoms with Crippen LogP contribution in [0.2, 0.25) is 0 Å². The lowest BCUT2D eigenvalue weighted by atomic mass is 9.91. The topological polar surface area (TPSA) is 83.6 Å². The van der Waals surface area contributed by atoms with E-state index >= 15 is 0 Å². The summed E-state index contributed by atoms with van der Waals surface area (Å²) in [6, 6.07) is 10.8. The van der Waals surface area contributed by atoms with Crippen molar-refractivity contribution in [2.45, 2.75) is 52.6 Å². The van der Waals surface area contributed by atoms with Gasteiger partial charge in [0.25, 0.3) is 0 Å². The number of carbonyl (C=O) groups is 2. The number of allylic oxidation sites excluding steroid dienone is 1. The van der Waals surface area contributed by atoms with Crippen LogP contribution in [-0.4, -0.2) is 73.8 Å². The van der Waals surface area contributed by atoms with E-state index in [0.717, 1.165) is 22.6 Å². The minimum atomic E-state index is -0.560. The van der Waals surface area contributed by atoms with Crippen LogP contribution in [-0.2, 0) is 13.0 Å². The van der Waals surface area contributed by atoms with Gasteiger partial charge < -0.3 is 29.3 Å². The Labute approximate surface area is 232 Å². The van der Waals surface area contributed by atoms with Crippen LogP contribution < -0.4 is 19.5 Å². The molecule has 0 spiro atoms. The molecule has 1 atom stereocenters. The third-order valence-corrected chi connectivity index (χ3v) is 7.38. The number of nitrogens with zero attached hydrogens (tertiary/aromatic N) is 3. The number of likely N-dealkylation sites (N-methyl/N-ethyl adjacent to an activating group) is 1. The van der Waals surface area contributed by atoms with Crippen molar-refractivity contribution in [3.63, 3.8) is 0 Å². The second kappa shape index (κ2) is 12.8. The first kappa shape index (κ1) is 29.7. The van der Waals surface area contributed by atoms with Crippen molar-refractivity contribution >= 4 is 17.7 Å². The maximum absolute atomic E-state index is 13.6. The van der Waals surface area contributed by atoms with Crippen LogP contribution in [0.15, 0.2) is 48.2 Å². The van der Waals surface area contributed by atoms with Gasteiger partial charge in [0, 0.05) is 49.2 Å². The first-order valence-electron chi connectivity index (χ1n) is 13.5. The third-order valence-electron chi connectivity index (χ3n) is 7.38. The molecule has 2 aliphatic heterocycles. The van der Waals surface area contributed by atoms with Gasteiger partial charge in [-0.25, -0.2) is 9.59 Å². The lowest BCUT2D eigenvalue weighted by Crippen LogP contribution is -2.46. The van der Waals surface area contributed by atoms with Crippen molar-refractivity contribution in [2.75, 3.05) is 46.8 Å². The number of rotatable bonds is 8. The molecule has 9 heteroatoms. The van der Waals surface area contributed by atoms with Gasteiger partial charge >= 0.3 is 12.1 Å². The fraction of sp³-hybridized carbons (Fsp3) is 0.467. The Morgan fingerprint density at radius 2 is 1.79 bits per heavy atom. The van der Waals surface area contributed by atoms with Crippen molar-refractivity contribution in [3.05, 3.63) is 59.3 Å². The molecule has 1 unspecified atom stereocenters. The second-order valence-electron chi connectivity index (χ2n) is 9.48. The Bertz CT molecular complexity index is 1210. The van der Waals surface area contributed by atoms with E-state index in [4.69, 9.17) is 14.2 Å². The summed E-state index contributed by atoms with van der Waals surface area (Å²) in [5.41, 5.74) is 3.12. The van der Waals surface area contributed by atoms with Crippen LogP contribution in [0.5, 0.6) is 17.2 Å². The lowest BCUT2D eigenvalue weighted by molar-refractivity contribution is 0.159. The van der Waals surface area contributed by atoms with Crippen LogP contribution >= 0.6 is 0 Å². The molecule has 2 aromatic carbocycles. The average Bonchev–Trinajstić information content (AvgIpc) is 3.07. The lowest BCUT2D eigenvalue weighted by Gasteiger charge is -2.35. The summed E-state index contributed by atoms with van der Waals surface area (Å²) in [6.07, 6.45) is 3.36. The number of methoxy groups -OCH3 is 3. The minimum Gasteiger partial charge on any atom is -0.497 e. The highest BCUT2D eigenvalue weighted by molar-refractivity contribution is 5.89. The molecule has 4 amide bonds. The largest absolute Gasteiger partial charge is 0.497 e. The van der Waals surface area contributed by atoms with E-state index in [2.05, 4.69) is 18.3 Å². The maximum atomic E-state index is 13.6. The zero-order valence-corrected chi connectivity index (χ0v) is 24.5. The van der Waals surface area contributed by atoms with Crippen LogP contribution in [0, 0.1) is 0 Å². The first-order valence-corrected chi connectivity index (χ1v) is 13.5. The summed E-state index contributed by atoms with van der Waals surface area (Å²) in [7, 11) is 6.62. The fourth-order valence-electron chi connectivity index (χ4n) is 5.24. The normalized spacial score (nSPS) is 17.6. The average molecular weight is 539 g/mol. The van der Waals surface area contributed by atoms with Gasteiger partial charge in [0.15, 0.2) is 0 Å². The highest BCUT2D eigenvalue weighted by Crippen LogP contribution is 2.43. The Morgan fingerprint density at radius 1 is 1.08 bits per heavy atom. The number of ether oxygens (including phenoxy) is 3. The number of hydrogen-bond acceptors (Lipinski definition) is 5. The molecule has 39 heavy (non-hydrogen) atoms. The number of amides is 4. The molecule has 2 aromatic rings. The molecule has 0 radical (unpaired) electrons. The summed E-state index contributed by atoms with van der Waals surface area (Å²) in [5.74, 6) is 2.12. The molecule has 1 fully saturated rings. The van der Waals surface area contributed by atoms with Crippen LogP contribution in [0.1, 0.15) is 45.2 Å². The summed E-state index contributed by atoms with van der Waals surface area (Å²) >= 11 is 0. The highest BCUT2D eigenvalue weighted by atomic mass is 16.5. The van der Waals surface area contributed by atoms with Crippen molar-refractivity contribution in [1.29, 1.82) is 0 Å². The van der Waals surface area contributed by atoms with Gasteiger partial charge in [-0.05, 0) is 50.5 Å². The van der Waals surface area contributed by atoms with E-state index in [1.165, 1.54) is 0 Å². The van der Waals surface area contributed by atoms with Gasteiger partial charge in [0.1, 0.15) is 17.2 Å².